The van der Waals surface area contributed by atoms with Crippen LogP contribution in [0, 0.1) is 0 Å². The zero-order chi connectivity index (χ0) is 16.7. The number of nitrogens with zero attached hydrogens (tertiary/aromatic N) is 2. The minimum Gasteiger partial charge on any atom is -0.351 e. The van der Waals surface area contributed by atoms with Crippen molar-refractivity contribution < 1.29 is 0 Å². The molecule has 0 aromatic heterocycles. The number of aliphatic imine (C=N–C) groups is 1. The monoisotopic (exact) mass is 339 g/mol. The van der Waals surface area contributed by atoms with E-state index in [9.17, 15) is 0 Å². The Morgan fingerprint density at radius 1 is 1.42 bits per heavy atom. The summed E-state index contributed by atoms with van der Waals surface area (Å²) in [6.07, 6.45) is 15.0. The molecular weight excluding hydrogens is 322 g/mol. The van der Waals surface area contributed by atoms with Crippen molar-refractivity contribution >= 4 is 16.8 Å². The highest BCUT2D eigenvalue weighted by Crippen LogP contribution is 2.28. The van der Waals surface area contributed by atoms with Gasteiger partial charge in [-0.3, -0.25) is 0 Å². The number of nitrogens with one attached hydrogen (secondary N) is 3. The Morgan fingerprint density at radius 3 is 3.04 bits per heavy atom. The second kappa shape index (κ2) is 5.85. The molecule has 0 radical (unpaired) electrons. The quantitative estimate of drug-likeness (QED) is 0.643. The number of hydrazine groups is 1. The summed E-state index contributed by atoms with van der Waals surface area (Å²) in [5.74, 6) is 1.64. The van der Waals surface area contributed by atoms with E-state index in [4.69, 9.17) is 11.6 Å². The summed E-state index contributed by atoms with van der Waals surface area (Å²) in [4.78, 5) is 4.63. The molecule has 0 fully saturated rings. The van der Waals surface area contributed by atoms with E-state index < -0.39 is 0 Å². The van der Waals surface area contributed by atoms with Crippen LogP contribution >= 0.6 is 11.6 Å². The molecule has 4 rings (SSSR count). The zero-order valence-electron chi connectivity index (χ0n) is 13.3. The minimum absolute atomic E-state index is 0.0674. The van der Waals surface area contributed by atoms with E-state index in [1.165, 1.54) is 0 Å². The molecule has 0 saturated heterocycles. The van der Waals surface area contributed by atoms with E-state index in [1.54, 1.807) is 0 Å². The fraction of sp³-hybridized carbons (Fsp3) is 0.167. The van der Waals surface area contributed by atoms with E-state index in [1.807, 2.05) is 36.4 Å². The third-order valence-electron chi connectivity index (χ3n) is 4.15. The molecule has 0 saturated carbocycles. The van der Waals surface area contributed by atoms with Gasteiger partial charge in [0.25, 0.3) is 0 Å². The molecule has 6 heteroatoms. The van der Waals surface area contributed by atoms with Gasteiger partial charge in [-0.25, -0.2) is 15.4 Å². The fourth-order valence-electron chi connectivity index (χ4n) is 2.85. The van der Waals surface area contributed by atoms with Crippen molar-refractivity contribution in [2.45, 2.75) is 19.4 Å². The highest BCUT2D eigenvalue weighted by atomic mass is 35.5. The lowest BCUT2D eigenvalue weighted by atomic mass is 10.1. The third-order valence-corrected chi connectivity index (χ3v) is 4.42. The van der Waals surface area contributed by atoms with E-state index in [0.717, 1.165) is 40.6 Å². The van der Waals surface area contributed by atoms with Crippen molar-refractivity contribution in [3.63, 3.8) is 0 Å². The van der Waals surface area contributed by atoms with Gasteiger partial charge < -0.3 is 10.6 Å². The van der Waals surface area contributed by atoms with E-state index in [-0.39, 0.29) is 6.04 Å². The predicted molar refractivity (Wildman–Crippen MR) is 97.3 cm³/mol. The molecular formula is C18H18ClN5. The van der Waals surface area contributed by atoms with E-state index in [0.29, 0.717) is 5.17 Å². The Labute approximate surface area is 146 Å². The number of allylic oxidation sites excluding steroid dienone is 7. The summed E-state index contributed by atoms with van der Waals surface area (Å²) < 4.78 is 0. The fourth-order valence-corrected chi connectivity index (χ4v) is 3.10. The molecule has 1 aliphatic carbocycles. The lowest BCUT2D eigenvalue weighted by Gasteiger charge is -2.22. The SMILES string of the molecule is C=C(C)C1C=C2NC=C3C=C(N=C(Cl)/C(=C4\C=CC=CC4)N3)N2N1. The van der Waals surface area contributed by atoms with Gasteiger partial charge >= 0.3 is 0 Å². The molecule has 5 nitrogen and oxygen atoms in total. The summed E-state index contributed by atoms with van der Waals surface area (Å²) >= 11 is 6.52. The van der Waals surface area contributed by atoms with Gasteiger partial charge in [-0.1, -0.05) is 48.1 Å². The second-order valence-corrected chi connectivity index (χ2v) is 6.36. The van der Waals surface area contributed by atoms with Crippen molar-refractivity contribution in [1.29, 1.82) is 0 Å². The summed E-state index contributed by atoms with van der Waals surface area (Å²) in [7, 11) is 0. The third kappa shape index (κ3) is 2.62. The van der Waals surface area contributed by atoms with Crippen LogP contribution in [0.15, 0.2) is 88.4 Å². The van der Waals surface area contributed by atoms with Crippen molar-refractivity contribution in [1.82, 2.24) is 21.1 Å². The van der Waals surface area contributed by atoms with Crippen molar-refractivity contribution in [3.05, 3.63) is 83.4 Å². The number of rotatable bonds is 1. The summed E-state index contributed by atoms with van der Waals surface area (Å²) in [6.45, 7) is 6.01. The molecule has 4 aliphatic rings. The van der Waals surface area contributed by atoms with Gasteiger partial charge in [0, 0.05) is 12.3 Å². The number of halogens is 1. The zero-order valence-corrected chi connectivity index (χ0v) is 14.1. The molecule has 122 valence electrons. The Kier molecular flexibility index (Phi) is 3.67. The molecule has 0 amide bonds. The largest absolute Gasteiger partial charge is 0.351 e. The first-order valence-corrected chi connectivity index (χ1v) is 8.19. The first-order chi connectivity index (χ1) is 11.6. The van der Waals surface area contributed by atoms with Gasteiger partial charge in [0.1, 0.15) is 5.82 Å². The maximum Gasteiger partial charge on any atom is 0.155 e. The lowest BCUT2D eigenvalue weighted by Crippen LogP contribution is -2.38. The molecule has 0 aromatic rings. The number of hydrogen-bond acceptors (Lipinski definition) is 5. The molecule has 1 atom stereocenters. The summed E-state index contributed by atoms with van der Waals surface area (Å²) in [5, 5.41) is 9.04. The van der Waals surface area contributed by atoms with Crippen LogP contribution in [0.5, 0.6) is 0 Å². The first kappa shape index (κ1) is 15.1. The van der Waals surface area contributed by atoms with Crippen LogP contribution in [0.2, 0.25) is 0 Å². The van der Waals surface area contributed by atoms with Crippen LogP contribution in [0.1, 0.15) is 13.3 Å². The second-order valence-electron chi connectivity index (χ2n) is 6.01. The van der Waals surface area contributed by atoms with Gasteiger partial charge in [-0.2, -0.15) is 0 Å². The van der Waals surface area contributed by atoms with Gasteiger partial charge in [0.2, 0.25) is 0 Å². The topological polar surface area (TPSA) is 51.7 Å². The molecule has 3 aliphatic heterocycles. The summed E-state index contributed by atoms with van der Waals surface area (Å²) in [5.41, 5.74) is 7.25. The molecule has 0 spiro atoms. The molecule has 24 heavy (non-hydrogen) atoms. The predicted octanol–water partition coefficient (Wildman–Crippen LogP) is 2.89. The van der Waals surface area contributed by atoms with Crippen LogP contribution in [0.3, 0.4) is 0 Å². The van der Waals surface area contributed by atoms with Crippen molar-refractivity contribution in [2.24, 2.45) is 4.99 Å². The Morgan fingerprint density at radius 2 is 2.29 bits per heavy atom. The van der Waals surface area contributed by atoms with Crippen LogP contribution < -0.4 is 16.1 Å². The van der Waals surface area contributed by atoms with E-state index in [2.05, 4.69) is 45.9 Å². The highest BCUT2D eigenvalue weighted by Gasteiger charge is 2.29. The van der Waals surface area contributed by atoms with Gasteiger partial charge in [0.15, 0.2) is 11.0 Å². The average Bonchev–Trinajstić information content (AvgIpc) is 2.86. The first-order valence-electron chi connectivity index (χ1n) is 7.82. The van der Waals surface area contributed by atoms with Gasteiger partial charge in [-0.15, -0.1) is 0 Å². The smallest absolute Gasteiger partial charge is 0.155 e. The molecule has 0 aromatic carbocycles. The number of fused-ring (bicyclic) bond motifs is 3. The van der Waals surface area contributed by atoms with Gasteiger partial charge in [0.05, 0.1) is 17.4 Å². The summed E-state index contributed by atoms with van der Waals surface area (Å²) in [6, 6.07) is 0.0674. The van der Waals surface area contributed by atoms with E-state index >= 15 is 0 Å². The Bertz CT molecular complexity index is 822. The maximum atomic E-state index is 6.52. The minimum atomic E-state index is 0.0674. The number of hydrogen-bond donors (Lipinski definition) is 3. The highest BCUT2D eigenvalue weighted by molar-refractivity contribution is 6.69. The molecule has 2 bridgehead atoms. The standard InChI is InChI=1S/C18H18ClN5/c1-11(2)14-9-15-20-10-13-8-16(24(15)23-14)22-18(19)17(21-13)12-6-4-3-5-7-12/h3-6,8-10,14,20-21,23H,1,7H2,2H3/b17-12-. The molecule has 3 heterocycles. The van der Waals surface area contributed by atoms with Crippen LogP contribution in [0.4, 0.5) is 0 Å². The Balaban J connectivity index is 1.73. The van der Waals surface area contributed by atoms with Gasteiger partial charge in [-0.05, 0) is 25.0 Å². The maximum absolute atomic E-state index is 6.52. The normalized spacial score (nSPS) is 27.8. The van der Waals surface area contributed by atoms with Crippen LogP contribution in [-0.4, -0.2) is 16.2 Å². The van der Waals surface area contributed by atoms with Crippen molar-refractivity contribution in [3.8, 4) is 0 Å². The Hall–Kier alpha value is -2.50. The van der Waals surface area contributed by atoms with Crippen LogP contribution in [0.25, 0.3) is 0 Å². The lowest BCUT2D eigenvalue weighted by molar-refractivity contribution is 0.317. The van der Waals surface area contributed by atoms with Crippen molar-refractivity contribution in [2.75, 3.05) is 0 Å². The molecule has 3 N–H and O–H groups in total. The van der Waals surface area contributed by atoms with Crippen LogP contribution in [-0.2, 0) is 0 Å². The molecule has 1 unspecified atom stereocenters. The average molecular weight is 340 g/mol.